The summed E-state index contributed by atoms with van der Waals surface area (Å²) < 4.78 is 22.7. The highest BCUT2D eigenvalue weighted by atomic mass is 79.9. The Balaban J connectivity index is 2.47. The first-order valence-electron chi connectivity index (χ1n) is 7.75. The molecule has 2 aromatic rings. The number of nitrogens with zero attached hydrogens (tertiary/aromatic N) is 1. The summed E-state index contributed by atoms with van der Waals surface area (Å²) in [4.78, 5) is 24.9. The van der Waals surface area contributed by atoms with Gasteiger partial charge >= 0.3 is 5.97 Å². The van der Waals surface area contributed by atoms with Crippen LogP contribution in [0.4, 0.5) is 0 Å². The number of ether oxygens (including phenoxy) is 4. The van der Waals surface area contributed by atoms with Gasteiger partial charge in [0, 0.05) is 20.4 Å². The molecule has 0 unspecified atom stereocenters. The molecular weight excluding hydrogens is 406 g/mol. The Hall–Kier alpha value is -2.16. The van der Waals surface area contributed by atoms with E-state index in [4.69, 9.17) is 18.9 Å². The predicted octanol–water partition coefficient (Wildman–Crippen LogP) is 2.60. The summed E-state index contributed by atoms with van der Waals surface area (Å²) in [5, 5.41) is 0. The van der Waals surface area contributed by atoms with Gasteiger partial charge in [0.15, 0.2) is 17.7 Å². The van der Waals surface area contributed by atoms with Gasteiger partial charge in [-0.05, 0) is 21.5 Å². The maximum Gasteiger partial charge on any atom is 0.358 e. The van der Waals surface area contributed by atoms with Gasteiger partial charge in [0.1, 0.15) is 6.61 Å². The molecule has 0 saturated heterocycles. The van der Waals surface area contributed by atoms with Crippen LogP contribution in [0.25, 0.3) is 0 Å². The highest BCUT2D eigenvalue weighted by Gasteiger charge is 2.24. The molecular formula is C18H20BrNO6. The molecule has 0 aliphatic carbocycles. The number of carbonyl (C=O) groups excluding carboxylic acids is 1. The number of esters is 1. The van der Waals surface area contributed by atoms with Crippen molar-refractivity contribution in [3.8, 4) is 5.75 Å². The van der Waals surface area contributed by atoms with Gasteiger partial charge in [-0.3, -0.25) is 4.79 Å². The van der Waals surface area contributed by atoms with Crippen LogP contribution in [-0.4, -0.2) is 38.2 Å². The molecule has 2 rings (SSSR count). The van der Waals surface area contributed by atoms with Crippen LogP contribution in [0, 0.1) is 0 Å². The van der Waals surface area contributed by atoms with Crippen molar-refractivity contribution in [2.75, 3.05) is 21.3 Å². The van der Waals surface area contributed by atoms with Crippen molar-refractivity contribution in [3.05, 3.63) is 62.5 Å². The van der Waals surface area contributed by atoms with E-state index in [-0.39, 0.29) is 29.1 Å². The fraction of sp³-hybridized carbons (Fsp3) is 0.333. The molecule has 0 radical (unpaired) electrons. The second kappa shape index (κ2) is 9.51. The van der Waals surface area contributed by atoms with E-state index in [1.54, 1.807) is 0 Å². The number of halogens is 1. The number of pyridine rings is 1. The van der Waals surface area contributed by atoms with E-state index >= 15 is 0 Å². The van der Waals surface area contributed by atoms with Gasteiger partial charge in [-0.1, -0.05) is 30.3 Å². The third-order valence-corrected chi connectivity index (χ3v) is 4.24. The molecule has 1 aromatic heterocycles. The summed E-state index contributed by atoms with van der Waals surface area (Å²) in [6.45, 7) is 0.298. The van der Waals surface area contributed by atoms with Gasteiger partial charge in [-0.15, -0.1) is 0 Å². The van der Waals surface area contributed by atoms with Crippen LogP contribution in [0.2, 0.25) is 0 Å². The van der Waals surface area contributed by atoms with Gasteiger partial charge < -0.3 is 23.5 Å². The summed E-state index contributed by atoms with van der Waals surface area (Å²) in [5.41, 5.74) is 0.417. The monoisotopic (exact) mass is 425 g/mol. The van der Waals surface area contributed by atoms with E-state index in [1.807, 2.05) is 30.3 Å². The lowest BCUT2D eigenvalue weighted by Crippen LogP contribution is -2.28. The topological polar surface area (TPSA) is 76.0 Å². The Labute approximate surface area is 159 Å². The van der Waals surface area contributed by atoms with Gasteiger partial charge in [0.2, 0.25) is 5.43 Å². The fourth-order valence-corrected chi connectivity index (χ4v) is 2.75. The fourth-order valence-electron chi connectivity index (χ4n) is 2.33. The highest BCUT2D eigenvalue weighted by molar-refractivity contribution is 9.10. The van der Waals surface area contributed by atoms with Crippen molar-refractivity contribution >= 4 is 21.9 Å². The van der Waals surface area contributed by atoms with E-state index in [0.717, 1.165) is 5.56 Å². The van der Waals surface area contributed by atoms with Crippen LogP contribution >= 0.6 is 15.9 Å². The molecule has 0 aliphatic heterocycles. The minimum atomic E-state index is -0.691. The average molecular weight is 426 g/mol. The summed E-state index contributed by atoms with van der Waals surface area (Å²) in [6.07, 6.45) is 0.865. The first-order chi connectivity index (χ1) is 12.5. The van der Waals surface area contributed by atoms with Crippen molar-refractivity contribution in [2.45, 2.75) is 19.4 Å². The Morgan fingerprint density at radius 2 is 1.81 bits per heavy atom. The zero-order valence-electron chi connectivity index (χ0n) is 14.7. The molecule has 7 nitrogen and oxygen atoms in total. The first-order valence-corrected chi connectivity index (χ1v) is 8.54. The third-order valence-electron chi connectivity index (χ3n) is 3.67. The maximum atomic E-state index is 12.6. The van der Waals surface area contributed by atoms with Crippen LogP contribution < -0.4 is 10.2 Å². The summed E-state index contributed by atoms with van der Waals surface area (Å²) >= 11 is 3.22. The van der Waals surface area contributed by atoms with E-state index in [9.17, 15) is 9.59 Å². The molecule has 0 bridgehead atoms. The molecule has 1 aromatic carbocycles. The van der Waals surface area contributed by atoms with Crippen molar-refractivity contribution in [1.82, 2.24) is 4.57 Å². The lowest BCUT2D eigenvalue weighted by atomic mass is 10.2. The van der Waals surface area contributed by atoms with Crippen LogP contribution in [0.3, 0.4) is 0 Å². The highest BCUT2D eigenvalue weighted by Crippen LogP contribution is 2.21. The Bertz CT molecular complexity index is 801. The number of hydrogen-bond donors (Lipinski definition) is 0. The number of hydrogen-bond acceptors (Lipinski definition) is 6. The van der Waals surface area contributed by atoms with Gasteiger partial charge in [-0.25, -0.2) is 4.79 Å². The van der Waals surface area contributed by atoms with Gasteiger partial charge in [-0.2, -0.15) is 0 Å². The van der Waals surface area contributed by atoms with Gasteiger partial charge in [0.05, 0.1) is 18.1 Å². The summed E-state index contributed by atoms with van der Waals surface area (Å²) in [7, 11) is 4.21. The van der Waals surface area contributed by atoms with Crippen molar-refractivity contribution < 1.29 is 23.7 Å². The molecule has 0 aliphatic rings. The second-order valence-electron chi connectivity index (χ2n) is 5.30. The van der Waals surface area contributed by atoms with Crippen LogP contribution in [0.15, 0.2) is 45.8 Å². The number of carbonyl (C=O) groups is 1. The molecule has 0 spiro atoms. The number of rotatable bonds is 8. The zero-order valence-corrected chi connectivity index (χ0v) is 16.3. The largest absolute Gasteiger partial charge is 0.482 e. The van der Waals surface area contributed by atoms with E-state index in [1.165, 1.54) is 32.1 Å². The number of benzene rings is 1. The lowest BCUT2D eigenvalue weighted by Gasteiger charge is -2.20. The molecule has 0 amide bonds. The second-order valence-corrected chi connectivity index (χ2v) is 6.16. The van der Waals surface area contributed by atoms with Crippen LogP contribution in [0.5, 0.6) is 5.75 Å². The van der Waals surface area contributed by atoms with E-state index < -0.39 is 17.7 Å². The number of aromatic nitrogens is 1. The van der Waals surface area contributed by atoms with E-state index in [2.05, 4.69) is 15.9 Å². The first kappa shape index (κ1) is 20.2. The molecule has 26 heavy (non-hydrogen) atoms. The molecule has 0 saturated carbocycles. The van der Waals surface area contributed by atoms with Crippen molar-refractivity contribution in [2.24, 2.45) is 0 Å². The normalized spacial score (nSPS) is 10.8. The Morgan fingerprint density at radius 1 is 1.15 bits per heavy atom. The Kier molecular flexibility index (Phi) is 7.38. The molecule has 0 fully saturated rings. The number of methoxy groups -OCH3 is 3. The molecule has 140 valence electrons. The average Bonchev–Trinajstić information content (AvgIpc) is 2.67. The minimum Gasteiger partial charge on any atom is -0.482 e. The summed E-state index contributed by atoms with van der Waals surface area (Å²) in [5.74, 6) is -0.787. The smallest absolute Gasteiger partial charge is 0.358 e. The Morgan fingerprint density at radius 3 is 2.38 bits per heavy atom. The molecule has 1 heterocycles. The van der Waals surface area contributed by atoms with Crippen LogP contribution in [-0.2, 0) is 27.4 Å². The molecule has 0 atom stereocenters. The van der Waals surface area contributed by atoms with Gasteiger partial charge in [0.25, 0.3) is 0 Å². The molecule has 8 heteroatoms. The summed E-state index contributed by atoms with van der Waals surface area (Å²) in [6, 6.07) is 9.33. The van der Waals surface area contributed by atoms with Crippen LogP contribution in [0.1, 0.15) is 16.1 Å². The lowest BCUT2D eigenvalue weighted by molar-refractivity contribution is -0.111. The molecule has 0 N–H and O–H groups in total. The quantitative estimate of drug-likeness (QED) is 0.477. The van der Waals surface area contributed by atoms with Crippen molar-refractivity contribution in [1.29, 1.82) is 0 Å². The maximum absolute atomic E-state index is 12.6. The SMILES string of the molecule is COC(=O)c1c(OCc2ccccc2)c(=O)c(Br)cn1CC(OC)OC. The standard InChI is InChI=1S/C18H20BrNO6/c1-23-14(24-2)10-20-9-13(19)16(21)17(15(20)18(22)25-3)26-11-12-7-5-4-6-8-12/h4-9,14H,10-11H2,1-3H3. The third kappa shape index (κ3) is 4.72. The minimum absolute atomic E-state index is 0.00395. The van der Waals surface area contributed by atoms with Crippen molar-refractivity contribution in [3.63, 3.8) is 0 Å². The van der Waals surface area contributed by atoms with E-state index in [0.29, 0.717) is 0 Å². The predicted molar refractivity (Wildman–Crippen MR) is 98.3 cm³/mol. The zero-order chi connectivity index (χ0) is 19.1.